The summed E-state index contributed by atoms with van der Waals surface area (Å²) in [6.45, 7) is 2.63. The number of amides is 1. The second kappa shape index (κ2) is 7.23. The zero-order chi connectivity index (χ0) is 11.8. The van der Waals surface area contributed by atoms with Gasteiger partial charge in [0.2, 0.25) is 5.91 Å². The van der Waals surface area contributed by atoms with Crippen LogP contribution in [-0.4, -0.2) is 44.0 Å². The number of rotatable bonds is 6. The Bertz CT molecular complexity index is 219. The Morgan fingerprint density at radius 1 is 1.47 bits per heavy atom. The molecule has 0 aromatic heterocycles. The molecule has 0 rings (SSSR count). The molecule has 0 heterocycles. The Kier molecular flexibility index (Phi) is 6.70. The van der Waals surface area contributed by atoms with E-state index in [0.717, 1.165) is 0 Å². The third-order valence-corrected chi connectivity index (χ3v) is 2.17. The van der Waals surface area contributed by atoms with Crippen molar-refractivity contribution in [2.45, 2.75) is 19.8 Å². The Balaban J connectivity index is 3.95. The van der Waals surface area contributed by atoms with Crippen LogP contribution in [0.5, 0.6) is 0 Å². The van der Waals surface area contributed by atoms with Crippen LogP contribution in [0.3, 0.4) is 0 Å². The van der Waals surface area contributed by atoms with Gasteiger partial charge in [0.15, 0.2) is 0 Å². The van der Waals surface area contributed by atoms with Gasteiger partial charge in [-0.1, -0.05) is 6.92 Å². The van der Waals surface area contributed by atoms with Crippen molar-refractivity contribution in [2.24, 2.45) is 11.7 Å². The van der Waals surface area contributed by atoms with Crippen LogP contribution in [0.25, 0.3) is 0 Å². The number of hydrogen-bond donors (Lipinski definition) is 1. The van der Waals surface area contributed by atoms with Crippen LogP contribution in [0.2, 0.25) is 0 Å². The van der Waals surface area contributed by atoms with Crippen LogP contribution in [0.4, 0.5) is 0 Å². The van der Waals surface area contributed by atoms with Crippen LogP contribution < -0.4 is 5.73 Å². The molecule has 0 aromatic rings. The Morgan fingerprint density at radius 2 is 2.07 bits per heavy atom. The Hall–Kier alpha value is -1.10. The number of carbonyl (C=O) groups is 2. The minimum atomic E-state index is -0.298. The molecule has 2 N–H and O–H groups in total. The van der Waals surface area contributed by atoms with Crippen LogP contribution in [0.1, 0.15) is 19.8 Å². The summed E-state index contributed by atoms with van der Waals surface area (Å²) in [5.74, 6) is -0.577. The van der Waals surface area contributed by atoms with Crippen molar-refractivity contribution in [3.05, 3.63) is 0 Å². The minimum absolute atomic E-state index is 0.0104. The number of nitrogens with zero attached hydrogens (tertiary/aromatic N) is 1. The predicted octanol–water partition coefficient (Wildman–Crippen LogP) is -0.00720. The number of esters is 1. The fourth-order valence-corrected chi connectivity index (χ4v) is 1.23. The van der Waals surface area contributed by atoms with Gasteiger partial charge in [-0.15, -0.1) is 0 Å². The Labute approximate surface area is 90.6 Å². The molecule has 88 valence electrons. The van der Waals surface area contributed by atoms with E-state index in [0.29, 0.717) is 25.9 Å². The molecule has 15 heavy (non-hydrogen) atoms. The first-order chi connectivity index (χ1) is 7.02. The molecule has 1 atom stereocenters. The summed E-state index contributed by atoms with van der Waals surface area (Å²) in [5, 5.41) is 0. The average molecular weight is 216 g/mol. The summed E-state index contributed by atoms with van der Waals surface area (Å²) in [7, 11) is 3.02. The van der Waals surface area contributed by atoms with Crippen molar-refractivity contribution in [1.82, 2.24) is 4.90 Å². The lowest BCUT2D eigenvalue weighted by molar-refractivity contribution is -0.146. The molecule has 1 unspecified atom stereocenters. The van der Waals surface area contributed by atoms with E-state index in [1.807, 2.05) is 0 Å². The summed E-state index contributed by atoms with van der Waals surface area (Å²) < 4.78 is 4.58. The van der Waals surface area contributed by atoms with Crippen molar-refractivity contribution in [3.63, 3.8) is 0 Å². The highest BCUT2D eigenvalue weighted by Gasteiger charge is 2.17. The maximum Gasteiger partial charge on any atom is 0.310 e. The first-order valence-electron chi connectivity index (χ1n) is 5.04. The standard InChI is InChI=1S/C10H20N2O3/c1-8(10(14)15-3)7-12(2)9(13)5-4-6-11/h8H,4-7,11H2,1-3H3. The highest BCUT2D eigenvalue weighted by Crippen LogP contribution is 2.03. The van der Waals surface area contributed by atoms with Crippen LogP contribution >= 0.6 is 0 Å². The molecule has 0 bridgehead atoms. The van der Waals surface area contributed by atoms with E-state index in [2.05, 4.69) is 4.74 Å². The lowest BCUT2D eigenvalue weighted by atomic mass is 10.1. The van der Waals surface area contributed by atoms with Gasteiger partial charge in [0.25, 0.3) is 0 Å². The third-order valence-electron chi connectivity index (χ3n) is 2.17. The molecule has 5 heteroatoms. The molecule has 5 nitrogen and oxygen atoms in total. The van der Waals surface area contributed by atoms with E-state index in [9.17, 15) is 9.59 Å². The van der Waals surface area contributed by atoms with Crippen molar-refractivity contribution < 1.29 is 14.3 Å². The summed E-state index contributed by atoms with van der Waals surface area (Å²) in [5.41, 5.74) is 5.30. The van der Waals surface area contributed by atoms with E-state index < -0.39 is 0 Å². The lowest BCUT2D eigenvalue weighted by Crippen LogP contribution is -2.34. The number of hydrogen-bond acceptors (Lipinski definition) is 4. The fraction of sp³-hybridized carbons (Fsp3) is 0.800. The van der Waals surface area contributed by atoms with E-state index in [-0.39, 0.29) is 17.8 Å². The molecule has 0 aliphatic rings. The molecule has 0 spiro atoms. The van der Waals surface area contributed by atoms with Gasteiger partial charge in [-0.2, -0.15) is 0 Å². The van der Waals surface area contributed by atoms with Crippen molar-refractivity contribution in [2.75, 3.05) is 27.2 Å². The number of methoxy groups -OCH3 is 1. The largest absolute Gasteiger partial charge is 0.469 e. The fourth-order valence-electron chi connectivity index (χ4n) is 1.23. The second-order valence-electron chi connectivity index (χ2n) is 3.59. The topological polar surface area (TPSA) is 72.6 Å². The summed E-state index contributed by atoms with van der Waals surface area (Å²) in [4.78, 5) is 24.1. The third kappa shape index (κ3) is 5.37. The lowest BCUT2D eigenvalue weighted by Gasteiger charge is -2.20. The van der Waals surface area contributed by atoms with E-state index in [4.69, 9.17) is 5.73 Å². The van der Waals surface area contributed by atoms with Gasteiger partial charge >= 0.3 is 5.97 Å². The van der Waals surface area contributed by atoms with Crippen molar-refractivity contribution in [3.8, 4) is 0 Å². The number of nitrogens with two attached hydrogens (primary N) is 1. The van der Waals surface area contributed by atoms with Crippen LogP contribution in [0.15, 0.2) is 0 Å². The van der Waals surface area contributed by atoms with Gasteiger partial charge in [-0.05, 0) is 13.0 Å². The molecule has 0 aliphatic carbocycles. The molecule has 1 amide bonds. The highest BCUT2D eigenvalue weighted by atomic mass is 16.5. The van der Waals surface area contributed by atoms with Crippen molar-refractivity contribution in [1.29, 1.82) is 0 Å². The number of carbonyl (C=O) groups excluding carboxylic acids is 2. The van der Waals surface area contributed by atoms with Gasteiger partial charge in [0.1, 0.15) is 0 Å². The quantitative estimate of drug-likeness (QED) is 0.634. The van der Waals surface area contributed by atoms with Crippen LogP contribution in [0, 0.1) is 5.92 Å². The van der Waals surface area contributed by atoms with E-state index in [1.54, 1.807) is 14.0 Å². The van der Waals surface area contributed by atoms with Gasteiger partial charge in [-0.25, -0.2) is 0 Å². The zero-order valence-corrected chi connectivity index (χ0v) is 9.66. The molecule has 0 saturated carbocycles. The first kappa shape index (κ1) is 13.9. The minimum Gasteiger partial charge on any atom is -0.469 e. The highest BCUT2D eigenvalue weighted by molar-refractivity contribution is 5.77. The van der Waals surface area contributed by atoms with Crippen LogP contribution in [-0.2, 0) is 14.3 Å². The molecular formula is C10H20N2O3. The molecular weight excluding hydrogens is 196 g/mol. The van der Waals surface area contributed by atoms with Gasteiger partial charge in [-0.3, -0.25) is 9.59 Å². The molecule has 0 fully saturated rings. The maximum absolute atomic E-state index is 11.5. The monoisotopic (exact) mass is 216 g/mol. The van der Waals surface area contributed by atoms with E-state index >= 15 is 0 Å². The van der Waals surface area contributed by atoms with E-state index in [1.165, 1.54) is 12.0 Å². The van der Waals surface area contributed by atoms with Gasteiger partial charge in [0, 0.05) is 20.0 Å². The smallest absolute Gasteiger partial charge is 0.310 e. The van der Waals surface area contributed by atoms with Gasteiger partial charge in [0.05, 0.1) is 13.0 Å². The van der Waals surface area contributed by atoms with Crippen molar-refractivity contribution >= 4 is 11.9 Å². The first-order valence-corrected chi connectivity index (χ1v) is 5.04. The molecule has 0 aliphatic heterocycles. The predicted molar refractivity (Wildman–Crippen MR) is 57.1 cm³/mol. The summed E-state index contributed by atoms with van der Waals surface area (Å²) >= 11 is 0. The summed E-state index contributed by atoms with van der Waals surface area (Å²) in [6, 6.07) is 0. The number of ether oxygens (including phenoxy) is 1. The normalized spacial score (nSPS) is 12.0. The SMILES string of the molecule is COC(=O)C(C)CN(C)C(=O)CCCN. The average Bonchev–Trinajstić information content (AvgIpc) is 2.24. The molecule has 0 saturated heterocycles. The molecule has 0 aromatic carbocycles. The maximum atomic E-state index is 11.5. The summed E-state index contributed by atoms with van der Waals surface area (Å²) in [6.07, 6.45) is 1.11. The van der Waals surface area contributed by atoms with Gasteiger partial charge < -0.3 is 15.4 Å². The zero-order valence-electron chi connectivity index (χ0n) is 9.66. The Morgan fingerprint density at radius 3 is 2.53 bits per heavy atom. The second-order valence-corrected chi connectivity index (χ2v) is 3.59. The molecule has 0 radical (unpaired) electrons.